The summed E-state index contributed by atoms with van der Waals surface area (Å²) in [6.45, 7) is 5.03. The van der Waals surface area contributed by atoms with Gasteiger partial charge >= 0.3 is 12.0 Å². The molecule has 1 saturated carbocycles. The molecule has 3 aliphatic rings. The van der Waals surface area contributed by atoms with E-state index < -0.39 is 11.8 Å². The number of aliphatic carboxylic acids is 1. The van der Waals surface area contributed by atoms with Crippen molar-refractivity contribution >= 4 is 12.0 Å². The van der Waals surface area contributed by atoms with Gasteiger partial charge in [-0.05, 0) is 25.8 Å². The summed E-state index contributed by atoms with van der Waals surface area (Å²) in [6.07, 6.45) is 3.77. The second-order valence-electron chi connectivity index (χ2n) is 8.36. The zero-order valence-electron chi connectivity index (χ0n) is 16.9. The third kappa shape index (κ3) is 5.79. The lowest BCUT2D eigenvalue weighted by atomic mass is 9.86. The number of hydrogen-bond acceptors (Lipinski definition) is 6. The molecule has 2 unspecified atom stereocenters. The zero-order valence-corrected chi connectivity index (χ0v) is 16.9. The SMILES string of the molecule is CC1CCC2(CC1)OCC(CNC(=O)N1CCOC(CN(C)CC(=O)O)C1)O2. The van der Waals surface area contributed by atoms with Crippen molar-refractivity contribution in [1.82, 2.24) is 15.1 Å². The van der Waals surface area contributed by atoms with Gasteiger partial charge in [0.25, 0.3) is 0 Å². The third-order valence-corrected chi connectivity index (χ3v) is 5.78. The summed E-state index contributed by atoms with van der Waals surface area (Å²) in [5, 5.41) is 11.8. The van der Waals surface area contributed by atoms with Crippen LogP contribution < -0.4 is 5.32 Å². The van der Waals surface area contributed by atoms with E-state index in [9.17, 15) is 9.59 Å². The summed E-state index contributed by atoms with van der Waals surface area (Å²) in [4.78, 5) is 26.7. The van der Waals surface area contributed by atoms with Crippen LogP contribution in [0.2, 0.25) is 0 Å². The molecule has 2 saturated heterocycles. The quantitative estimate of drug-likeness (QED) is 0.679. The largest absolute Gasteiger partial charge is 0.480 e. The van der Waals surface area contributed by atoms with Crippen molar-refractivity contribution in [3.05, 3.63) is 0 Å². The van der Waals surface area contributed by atoms with Gasteiger partial charge in [-0.15, -0.1) is 0 Å². The number of likely N-dealkylation sites (N-methyl/N-ethyl adjacent to an activating group) is 1. The molecule has 2 amide bonds. The Morgan fingerprint density at radius 3 is 2.75 bits per heavy atom. The number of morpholine rings is 1. The van der Waals surface area contributed by atoms with Crippen LogP contribution in [0.15, 0.2) is 0 Å². The van der Waals surface area contributed by atoms with E-state index >= 15 is 0 Å². The van der Waals surface area contributed by atoms with Crippen LogP contribution in [-0.2, 0) is 19.0 Å². The van der Waals surface area contributed by atoms with Crippen molar-refractivity contribution in [2.45, 2.75) is 50.6 Å². The Bertz CT molecular complexity index is 552. The van der Waals surface area contributed by atoms with Crippen molar-refractivity contribution < 1.29 is 28.9 Å². The molecule has 0 bridgehead atoms. The summed E-state index contributed by atoms with van der Waals surface area (Å²) >= 11 is 0. The smallest absolute Gasteiger partial charge is 0.317 e. The first-order valence-electron chi connectivity index (χ1n) is 10.2. The van der Waals surface area contributed by atoms with E-state index in [1.807, 2.05) is 0 Å². The standard InChI is InChI=1S/C19H33N3O6/c1-14-3-5-19(6-4-14)27-13-15(28-19)9-20-18(25)22-7-8-26-16(11-22)10-21(2)12-17(23)24/h14-16H,3-13H2,1-2H3,(H,20,25)(H,23,24). The lowest BCUT2D eigenvalue weighted by Gasteiger charge is -2.35. The van der Waals surface area contributed by atoms with Crippen molar-refractivity contribution in [1.29, 1.82) is 0 Å². The highest BCUT2D eigenvalue weighted by atomic mass is 16.7. The number of hydrogen-bond donors (Lipinski definition) is 2. The molecule has 28 heavy (non-hydrogen) atoms. The molecule has 2 heterocycles. The maximum absolute atomic E-state index is 12.5. The maximum atomic E-state index is 12.5. The number of urea groups is 1. The first kappa shape index (κ1) is 21.3. The molecule has 0 aromatic carbocycles. The van der Waals surface area contributed by atoms with Gasteiger partial charge in [0.15, 0.2) is 5.79 Å². The van der Waals surface area contributed by atoms with Crippen molar-refractivity contribution in [3.8, 4) is 0 Å². The van der Waals surface area contributed by atoms with E-state index in [2.05, 4.69) is 12.2 Å². The molecule has 1 spiro atoms. The Morgan fingerprint density at radius 1 is 1.29 bits per heavy atom. The van der Waals surface area contributed by atoms with Gasteiger partial charge in [0.1, 0.15) is 6.10 Å². The minimum absolute atomic E-state index is 0.0500. The fourth-order valence-electron chi connectivity index (χ4n) is 4.15. The van der Waals surface area contributed by atoms with E-state index in [0.29, 0.717) is 39.4 Å². The van der Waals surface area contributed by atoms with E-state index in [4.69, 9.17) is 19.3 Å². The summed E-state index contributed by atoms with van der Waals surface area (Å²) < 4.78 is 17.8. The topological polar surface area (TPSA) is 101 Å². The van der Waals surface area contributed by atoms with E-state index in [1.54, 1.807) is 16.8 Å². The van der Waals surface area contributed by atoms with Gasteiger partial charge in [-0.2, -0.15) is 0 Å². The van der Waals surface area contributed by atoms with E-state index in [-0.39, 0.29) is 24.8 Å². The average molecular weight is 399 g/mol. The van der Waals surface area contributed by atoms with Crippen LogP contribution in [0.25, 0.3) is 0 Å². The highest BCUT2D eigenvalue weighted by Crippen LogP contribution is 2.39. The van der Waals surface area contributed by atoms with Gasteiger partial charge in [-0.3, -0.25) is 9.69 Å². The molecule has 3 rings (SSSR count). The number of rotatable bonds is 6. The molecular formula is C19H33N3O6. The molecule has 3 fully saturated rings. The third-order valence-electron chi connectivity index (χ3n) is 5.78. The number of carboxylic acids is 1. The van der Waals surface area contributed by atoms with Gasteiger partial charge in [0.05, 0.1) is 25.9 Å². The molecule has 2 atom stereocenters. The molecule has 0 aromatic rings. The molecule has 0 aromatic heterocycles. The second kappa shape index (κ2) is 9.39. The molecule has 1 aliphatic carbocycles. The van der Waals surface area contributed by atoms with Crippen LogP contribution in [0.4, 0.5) is 4.79 Å². The predicted molar refractivity (Wildman–Crippen MR) is 101 cm³/mol. The summed E-state index contributed by atoms with van der Waals surface area (Å²) in [5.41, 5.74) is 0. The lowest BCUT2D eigenvalue weighted by molar-refractivity contribution is -0.191. The van der Waals surface area contributed by atoms with Crippen LogP contribution >= 0.6 is 0 Å². The van der Waals surface area contributed by atoms with Crippen LogP contribution in [0.3, 0.4) is 0 Å². The Labute approximate surface area is 166 Å². The average Bonchev–Trinajstić information content (AvgIpc) is 3.05. The molecule has 160 valence electrons. The highest BCUT2D eigenvalue weighted by Gasteiger charge is 2.43. The molecule has 9 nitrogen and oxygen atoms in total. The first-order valence-corrected chi connectivity index (χ1v) is 10.2. The Hall–Kier alpha value is -1.42. The number of amides is 2. The predicted octanol–water partition coefficient (Wildman–Crippen LogP) is 0.735. The first-order chi connectivity index (χ1) is 13.3. The molecular weight excluding hydrogens is 366 g/mol. The van der Waals surface area contributed by atoms with Gasteiger partial charge in [0.2, 0.25) is 0 Å². The van der Waals surface area contributed by atoms with Crippen LogP contribution in [0.5, 0.6) is 0 Å². The Kier molecular flexibility index (Phi) is 7.14. The minimum atomic E-state index is -0.878. The normalized spacial score (nSPS) is 33.4. The molecule has 2 N–H and O–H groups in total. The fraction of sp³-hybridized carbons (Fsp3) is 0.895. The number of carbonyl (C=O) groups is 2. The summed E-state index contributed by atoms with van der Waals surface area (Å²) in [6, 6.07) is -0.143. The van der Waals surface area contributed by atoms with Crippen molar-refractivity contribution in [2.24, 2.45) is 5.92 Å². The lowest BCUT2D eigenvalue weighted by Crippen LogP contribution is -2.53. The van der Waals surface area contributed by atoms with Gasteiger partial charge in [-0.25, -0.2) is 4.79 Å². The summed E-state index contributed by atoms with van der Waals surface area (Å²) in [7, 11) is 1.73. The van der Waals surface area contributed by atoms with Crippen LogP contribution in [-0.4, -0.2) is 97.9 Å². The van der Waals surface area contributed by atoms with E-state index in [0.717, 1.165) is 31.6 Å². The number of carbonyl (C=O) groups excluding carboxylic acids is 1. The number of carboxylic acid groups (broad SMARTS) is 1. The molecule has 0 radical (unpaired) electrons. The van der Waals surface area contributed by atoms with Crippen molar-refractivity contribution in [3.63, 3.8) is 0 Å². The maximum Gasteiger partial charge on any atom is 0.317 e. The van der Waals surface area contributed by atoms with Gasteiger partial charge in [-0.1, -0.05) is 6.92 Å². The molecule has 9 heteroatoms. The number of nitrogens with one attached hydrogen (secondary N) is 1. The zero-order chi connectivity index (χ0) is 20.1. The number of nitrogens with zero attached hydrogens (tertiary/aromatic N) is 2. The minimum Gasteiger partial charge on any atom is -0.480 e. The Balaban J connectivity index is 1.39. The van der Waals surface area contributed by atoms with Gasteiger partial charge in [0, 0.05) is 39.0 Å². The van der Waals surface area contributed by atoms with Crippen LogP contribution in [0, 0.1) is 5.92 Å². The Morgan fingerprint density at radius 2 is 2.04 bits per heavy atom. The number of ether oxygens (including phenoxy) is 3. The monoisotopic (exact) mass is 399 g/mol. The fourth-order valence-corrected chi connectivity index (χ4v) is 4.15. The van der Waals surface area contributed by atoms with Gasteiger partial charge < -0.3 is 29.5 Å². The molecule has 2 aliphatic heterocycles. The summed E-state index contributed by atoms with van der Waals surface area (Å²) in [5.74, 6) is -0.599. The van der Waals surface area contributed by atoms with E-state index in [1.165, 1.54) is 0 Å². The highest BCUT2D eigenvalue weighted by molar-refractivity contribution is 5.74. The second-order valence-corrected chi connectivity index (χ2v) is 8.36. The van der Waals surface area contributed by atoms with Crippen LogP contribution in [0.1, 0.15) is 32.6 Å². The van der Waals surface area contributed by atoms with Crippen molar-refractivity contribution in [2.75, 3.05) is 53.0 Å².